The Balaban J connectivity index is 2.65. The molecule has 5 nitrogen and oxygen atoms in total. The zero-order valence-corrected chi connectivity index (χ0v) is 8.51. The fraction of sp³-hybridized carbons (Fsp3) is 0.889. The maximum atomic E-state index is 10.9. The first-order valence-corrected chi connectivity index (χ1v) is 4.78. The lowest BCUT2D eigenvalue weighted by atomic mass is 10.0. The Morgan fingerprint density at radius 3 is 2.71 bits per heavy atom. The number of carbonyl (C=O) groups is 1. The van der Waals surface area contributed by atoms with Crippen LogP contribution in [0.4, 0.5) is 4.79 Å². The Kier molecular flexibility index (Phi) is 3.71. The van der Waals surface area contributed by atoms with Crippen molar-refractivity contribution in [3.8, 4) is 0 Å². The van der Waals surface area contributed by atoms with Crippen molar-refractivity contribution in [3.63, 3.8) is 0 Å². The van der Waals surface area contributed by atoms with Crippen LogP contribution in [0.3, 0.4) is 0 Å². The average molecular weight is 203 g/mol. The van der Waals surface area contributed by atoms with E-state index in [1.54, 1.807) is 0 Å². The molecule has 0 bridgehead atoms. The van der Waals surface area contributed by atoms with E-state index >= 15 is 0 Å². The molecule has 1 aliphatic rings. The topological polar surface area (TPSA) is 70.0 Å². The van der Waals surface area contributed by atoms with Gasteiger partial charge in [0.2, 0.25) is 0 Å². The third-order valence-electron chi connectivity index (χ3n) is 2.52. The lowest BCUT2D eigenvalue weighted by Crippen LogP contribution is -2.54. The van der Waals surface area contributed by atoms with Crippen LogP contribution in [0.2, 0.25) is 0 Å². The molecule has 14 heavy (non-hydrogen) atoms. The van der Waals surface area contributed by atoms with Crippen LogP contribution in [0.1, 0.15) is 13.8 Å². The van der Waals surface area contributed by atoms with Crippen molar-refractivity contribution in [1.29, 1.82) is 0 Å². The number of morpholine rings is 1. The minimum absolute atomic E-state index is 0.102. The molecule has 0 saturated carbocycles. The van der Waals surface area contributed by atoms with Crippen LogP contribution in [-0.4, -0.2) is 53.1 Å². The third-order valence-corrected chi connectivity index (χ3v) is 2.52. The summed E-state index contributed by atoms with van der Waals surface area (Å²) in [4.78, 5) is 12.3. The lowest BCUT2D eigenvalue weighted by molar-refractivity contribution is -0.0827. The summed E-state index contributed by atoms with van der Waals surface area (Å²) in [6.07, 6.45) is -1.31. The standard InChI is InChI=1S/C9H17NO4/c1-6(2)8-5-14-7(4-11)3-10(8)9(12)13/h6-8,11H,3-5H2,1-2H3,(H,12,13)/t7-,8+/m0/s1. The number of nitrogens with zero attached hydrogens (tertiary/aromatic N) is 1. The van der Waals surface area contributed by atoms with Crippen LogP contribution in [0.15, 0.2) is 0 Å². The molecule has 1 saturated heterocycles. The van der Waals surface area contributed by atoms with Gasteiger partial charge in [0, 0.05) is 0 Å². The van der Waals surface area contributed by atoms with Crippen molar-refractivity contribution in [2.24, 2.45) is 5.92 Å². The summed E-state index contributed by atoms with van der Waals surface area (Å²) in [7, 11) is 0. The fourth-order valence-electron chi connectivity index (χ4n) is 1.61. The van der Waals surface area contributed by atoms with E-state index in [1.807, 2.05) is 13.8 Å². The average Bonchev–Trinajstić information content (AvgIpc) is 2.16. The number of rotatable bonds is 2. The number of aliphatic hydroxyl groups excluding tert-OH is 1. The maximum Gasteiger partial charge on any atom is 0.407 e. The molecule has 0 aromatic rings. The molecular formula is C9H17NO4. The summed E-state index contributed by atoms with van der Waals surface area (Å²) in [5.74, 6) is 0.228. The number of amides is 1. The second-order valence-electron chi connectivity index (χ2n) is 3.88. The summed E-state index contributed by atoms with van der Waals surface area (Å²) in [6.45, 7) is 4.42. The first kappa shape index (κ1) is 11.3. The number of hydrogen-bond donors (Lipinski definition) is 2. The van der Waals surface area contributed by atoms with E-state index in [4.69, 9.17) is 14.9 Å². The fourth-order valence-corrected chi connectivity index (χ4v) is 1.61. The number of carboxylic acid groups (broad SMARTS) is 1. The quantitative estimate of drug-likeness (QED) is 0.680. The minimum Gasteiger partial charge on any atom is -0.465 e. The van der Waals surface area contributed by atoms with Crippen molar-refractivity contribution in [1.82, 2.24) is 4.90 Å². The van der Waals surface area contributed by atoms with Gasteiger partial charge in [0.15, 0.2) is 0 Å². The predicted molar refractivity (Wildman–Crippen MR) is 50.2 cm³/mol. The van der Waals surface area contributed by atoms with Crippen LogP contribution >= 0.6 is 0 Å². The molecule has 0 aromatic heterocycles. The van der Waals surface area contributed by atoms with Gasteiger partial charge in [-0.25, -0.2) is 4.79 Å². The Bertz CT molecular complexity index is 207. The molecule has 82 valence electrons. The zero-order valence-electron chi connectivity index (χ0n) is 8.51. The van der Waals surface area contributed by atoms with Gasteiger partial charge >= 0.3 is 6.09 Å². The van der Waals surface area contributed by atoms with Crippen LogP contribution < -0.4 is 0 Å². The number of hydrogen-bond acceptors (Lipinski definition) is 3. The van der Waals surface area contributed by atoms with Gasteiger partial charge in [0.1, 0.15) is 0 Å². The molecule has 2 N–H and O–H groups in total. The van der Waals surface area contributed by atoms with Crippen molar-refractivity contribution in [2.75, 3.05) is 19.8 Å². The molecule has 0 aromatic carbocycles. The normalized spacial score (nSPS) is 28.1. The largest absolute Gasteiger partial charge is 0.465 e. The van der Waals surface area contributed by atoms with Crippen molar-refractivity contribution in [3.05, 3.63) is 0 Å². The van der Waals surface area contributed by atoms with Gasteiger partial charge in [0.05, 0.1) is 31.9 Å². The van der Waals surface area contributed by atoms with Crippen molar-refractivity contribution >= 4 is 6.09 Å². The molecule has 0 radical (unpaired) electrons. The van der Waals surface area contributed by atoms with Crippen LogP contribution in [0, 0.1) is 5.92 Å². The van der Waals surface area contributed by atoms with E-state index in [9.17, 15) is 4.79 Å². The van der Waals surface area contributed by atoms with E-state index in [2.05, 4.69) is 0 Å². The van der Waals surface area contributed by atoms with Gasteiger partial charge in [-0.15, -0.1) is 0 Å². The molecule has 1 rings (SSSR count). The van der Waals surface area contributed by atoms with Crippen LogP contribution in [0.5, 0.6) is 0 Å². The zero-order chi connectivity index (χ0) is 10.7. The smallest absolute Gasteiger partial charge is 0.407 e. The molecule has 1 aliphatic heterocycles. The Labute approximate surface area is 83.3 Å². The van der Waals surface area contributed by atoms with Gasteiger partial charge in [0.25, 0.3) is 0 Å². The Morgan fingerprint density at radius 1 is 1.64 bits per heavy atom. The van der Waals surface area contributed by atoms with Gasteiger partial charge in [-0.1, -0.05) is 13.8 Å². The molecule has 1 heterocycles. The third kappa shape index (κ3) is 2.36. The predicted octanol–water partition coefficient (Wildman–Crippen LogP) is 0.382. The highest BCUT2D eigenvalue weighted by atomic mass is 16.5. The Hall–Kier alpha value is -0.810. The molecule has 0 aliphatic carbocycles. The van der Waals surface area contributed by atoms with E-state index in [-0.39, 0.29) is 31.2 Å². The van der Waals surface area contributed by atoms with E-state index < -0.39 is 6.09 Å². The van der Waals surface area contributed by atoms with Gasteiger partial charge in [-0.05, 0) is 5.92 Å². The summed E-state index contributed by atoms with van der Waals surface area (Å²) < 4.78 is 5.33. The molecule has 2 atom stereocenters. The van der Waals surface area contributed by atoms with E-state index in [0.717, 1.165) is 0 Å². The van der Waals surface area contributed by atoms with Gasteiger partial charge in [-0.3, -0.25) is 0 Å². The second-order valence-corrected chi connectivity index (χ2v) is 3.88. The van der Waals surface area contributed by atoms with Crippen molar-refractivity contribution < 1.29 is 19.7 Å². The monoisotopic (exact) mass is 203 g/mol. The molecular weight excluding hydrogens is 186 g/mol. The summed E-state index contributed by atoms with van der Waals surface area (Å²) in [5, 5.41) is 17.8. The summed E-state index contributed by atoms with van der Waals surface area (Å²) in [5.41, 5.74) is 0. The highest BCUT2D eigenvalue weighted by Gasteiger charge is 2.33. The molecule has 5 heteroatoms. The SMILES string of the molecule is CC(C)[C@H]1CO[C@H](CO)CN1C(=O)O. The number of aliphatic hydroxyl groups is 1. The van der Waals surface area contributed by atoms with Gasteiger partial charge in [-0.2, -0.15) is 0 Å². The van der Waals surface area contributed by atoms with E-state index in [0.29, 0.717) is 6.61 Å². The summed E-state index contributed by atoms with van der Waals surface area (Å²) >= 11 is 0. The van der Waals surface area contributed by atoms with Crippen LogP contribution in [-0.2, 0) is 4.74 Å². The van der Waals surface area contributed by atoms with Crippen LogP contribution in [0.25, 0.3) is 0 Å². The summed E-state index contributed by atoms with van der Waals surface area (Å²) in [6, 6.07) is -0.102. The maximum absolute atomic E-state index is 10.9. The molecule has 1 fully saturated rings. The molecule has 0 unspecified atom stereocenters. The Morgan fingerprint density at radius 2 is 2.29 bits per heavy atom. The highest BCUT2D eigenvalue weighted by Crippen LogP contribution is 2.18. The highest BCUT2D eigenvalue weighted by molar-refractivity contribution is 5.65. The molecule has 0 spiro atoms. The second kappa shape index (κ2) is 4.61. The number of ether oxygens (including phenoxy) is 1. The first-order chi connectivity index (χ1) is 6.56. The van der Waals surface area contributed by atoms with Crippen molar-refractivity contribution in [2.45, 2.75) is 26.0 Å². The first-order valence-electron chi connectivity index (χ1n) is 4.78. The lowest BCUT2D eigenvalue weighted by Gasteiger charge is -2.39. The minimum atomic E-state index is -0.939. The van der Waals surface area contributed by atoms with Gasteiger partial charge < -0.3 is 19.8 Å². The molecule has 1 amide bonds. The van der Waals surface area contributed by atoms with E-state index in [1.165, 1.54) is 4.90 Å².